The first kappa shape index (κ1) is 13.5. The molecule has 0 aliphatic rings. The highest BCUT2D eigenvalue weighted by Crippen LogP contribution is 2.25. The lowest BCUT2D eigenvalue weighted by molar-refractivity contribution is 0.102. The molecular formula is C13H5ClF4O. The molecule has 1 nitrogen and oxygen atoms in total. The lowest BCUT2D eigenvalue weighted by atomic mass is 10.0. The molecule has 0 fully saturated rings. The van der Waals surface area contributed by atoms with Crippen molar-refractivity contribution in [3.05, 3.63) is 69.8 Å². The summed E-state index contributed by atoms with van der Waals surface area (Å²) < 4.78 is 53.1. The highest BCUT2D eigenvalue weighted by Gasteiger charge is 2.24. The highest BCUT2D eigenvalue weighted by atomic mass is 35.5. The monoisotopic (exact) mass is 288 g/mol. The van der Waals surface area contributed by atoms with Crippen molar-refractivity contribution in [2.75, 3.05) is 0 Å². The van der Waals surface area contributed by atoms with Gasteiger partial charge in [0, 0.05) is 12.1 Å². The molecule has 2 aromatic carbocycles. The Bertz CT molecular complexity index is 626. The molecule has 0 bridgehead atoms. The van der Waals surface area contributed by atoms with Gasteiger partial charge in [0.2, 0.25) is 5.78 Å². The van der Waals surface area contributed by atoms with Crippen LogP contribution in [0.25, 0.3) is 0 Å². The average molecular weight is 289 g/mol. The molecule has 2 rings (SSSR count). The maximum absolute atomic E-state index is 13.5. The molecule has 0 atom stereocenters. The topological polar surface area (TPSA) is 17.1 Å². The Balaban J connectivity index is 2.64. The second kappa shape index (κ2) is 5.01. The zero-order valence-corrected chi connectivity index (χ0v) is 9.94. The van der Waals surface area contributed by atoms with Crippen LogP contribution in [0, 0.1) is 23.3 Å². The zero-order valence-electron chi connectivity index (χ0n) is 9.18. The fraction of sp³-hybridized carbons (Fsp3) is 0. The molecule has 0 saturated heterocycles. The third kappa shape index (κ3) is 2.46. The van der Waals surface area contributed by atoms with E-state index in [4.69, 9.17) is 11.6 Å². The summed E-state index contributed by atoms with van der Waals surface area (Å²) in [5, 5.41) is -0.284. The van der Waals surface area contributed by atoms with E-state index in [0.717, 1.165) is 6.07 Å². The van der Waals surface area contributed by atoms with Crippen LogP contribution in [0.3, 0.4) is 0 Å². The Hall–Kier alpha value is -1.88. The number of hydrogen-bond donors (Lipinski definition) is 0. The van der Waals surface area contributed by atoms with Crippen LogP contribution in [0.5, 0.6) is 0 Å². The molecule has 0 aliphatic heterocycles. The van der Waals surface area contributed by atoms with E-state index in [1.54, 1.807) is 0 Å². The third-order valence-electron chi connectivity index (χ3n) is 2.42. The van der Waals surface area contributed by atoms with Crippen molar-refractivity contribution in [2.24, 2.45) is 0 Å². The number of carbonyl (C=O) groups excluding carboxylic acids is 1. The first-order valence-electron chi connectivity index (χ1n) is 5.05. The average Bonchev–Trinajstić information content (AvgIpc) is 2.26. The molecule has 0 spiro atoms. The number of benzene rings is 2. The summed E-state index contributed by atoms with van der Waals surface area (Å²) >= 11 is 5.63. The summed E-state index contributed by atoms with van der Waals surface area (Å²) in [5.41, 5.74) is -1.71. The fourth-order valence-corrected chi connectivity index (χ4v) is 1.85. The van der Waals surface area contributed by atoms with Crippen LogP contribution >= 0.6 is 11.6 Å². The minimum atomic E-state index is -1.41. The van der Waals surface area contributed by atoms with Crippen molar-refractivity contribution in [1.29, 1.82) is 0 Å². The van der Waals surface area contributed by atoms with Crippen molar-refractivity contribution in [1.82, 2.24) is 0 Å². The first-order valence-corrected chi connectivity index (χ1v) is 5.43. The van der Waals surface area contributed by atoms with Crippen LogP contribution in [0.1, 0.15) is 15.9 Å². The predicted octanol–water partition coefficient (Wildman–Crippen LogP) is 4.13. The number of hydrogen-bond acceptors (Lipinski definition) is 1. The Morgan fingerprint density at radius 2 is 1.47 bits per heavy atom. The van der Waals surface area contributed by atoms with Gasteiger partial charge in [0.15, 0.2) is 0 Å². The maximum atomic E-state index is 13.5. The van der Waals surface area contributed by atoms with Crippen LogP contribution in [0.2, 0.25) is 5.02 Å². The minimum Gasteiger partial charge on any atom is -0.288 e. The molecule has 0 heterocycles. The van der Waals surface area contributed by atoms with Gasteiger partial charge in [0.25, 0.3) is 0 Å². The number of halogens is 5. The number of rotatable bonds is 2. The maximum Gasteiger partial charge on any atom is 0.203 e. The van der Waals surface area contributed by atoms with E-state index in [1.807, 2.05) is 0 Å². The van der Waals surface area contributed by atoms with E-state index in [-0.39, 0.29) is 5.02 Å². The second-order valence-electron chi connectivity index (χ2n) is 3.67. The Morgan fingerprint density at radius 3 is 2.00 bits per heavy atom. The summed E-state index contributed by atoms with van der Waals surface area (Å²) in [6, 6.07) is 4.05. The van der Waals surface area contributed by atoms with Gasteiger partial charge in [-0.25, -0.2) is 17.6 Å². The van der Waals surface area contributed by atoms with Crippen LogP contribution in [-0.4, -0.2) is 5.78 Å². The molecule has 0 saturated carbocycles. The molecule has 0 N–H and O–H groups in total. The molecule has 0 unspecified atom stereocenters. The van der Waals surface area contributed by atoms with E-state index in [2.05, 4.69) is 0 Å². The standard InChI is InChI=1S/C13H5ClF4O/c14-7-2-1-3-8(16)11(7)13(19)12-9(17)4-6(15)5-10(12)18/h1-5H. The molecule has 98 valence electrons. The molecule has 2 aromatic rings. The molecular weight excluding hydrogens is 284 g/mol. The normalized spacial score (nSPS) is 10.6. The fourth-order valence-electron chi connectivity index (χ4n) is 1.60. The van der Waals surface area contributed by atoms with Gasteiger partial charge in [-0.05, 0) is 12.1 Å². The van der Waals surface area contributed by atoms with Crippen molar-refractivity contribution in [3.63, 3.8) is 0 Å². The lowest BCUT2D eigenvalue weighted by Gasteiger charge is -2.07. The summed E-state index contributed by atoms with van der Waals surface area (Å²) in [4.78, 5) is 11.9. The number of carbonyl (C=O) groups is 1. The Kier molecular flexibility index (Phi) is 3.57. The van der Waals surface area contributed by atoms with Crippen molar-refractivity contribution in [3.8, 4) is 0 Å². The van der Waals surface area contributed by atoms with Gasteiger partial charge in [-0.3, -0.25) is 4.79 Å². The summed E-state index contributed by atoms with van der Waals surface area (Å²) in [6.07, 6.45) is 0. The van der Waals surface area contributed by atoms with Crippen molar-refractivity contribution in [2.45, 2.75) is 0 Å². The van der Waals surface area contributed by atoms with E-state index in [1.165, 1.54) is 12.1 Å². The van der Waals surface area contributed by atoms with E-state index in [9.17, 15) is 22.4 Å². The largest absolute Gasteiger partial charge is 0.288 e. The molecule has 0 radical (unpaired) electrons. The van der Waals surface area contributed by atoms with E-state index in [0.29, 0.717) is 12.1 Å². The third-order valence-corrected chi connectivity index (χ3v) is 2.74. The molecule has 6 heteroatoms. The van der Waals surface area contributed by atoms with Crippen molar-refractivity contribution >= 4 is 17.4 Å². The minimum absolute atomic E-state index is 0.284. The Morgan fingerprint density at radius 1 is 0.895 bits per heavy atom. The first-order chi connectivity index (χ1) is 8.91. The Labute approximate surface area is 110 Å². The van der Waals surface area contributed by atoms with Crippen LogP contribution < -0.4 is 0 Å². The molecule has 19 heavy (non-hydrogen) atoms. The van der Waals surface area contributed by atoms with Gasteiger partial charge in [0.05, 0.1) is 16.1 Å². The van der Waals surface area contributed by atoms with E-state index >= 15 is 0 Å². The van der Waals surface area contributed by atoms with Crippen LogP contribution in [0.15, 0.2) is 30.3 Å². The van der Waals surface area contributed by atoms with Crippen LogP contribution in [-0.2, 0) is 0 Å². The quantitative estimate of drug-likeness (QED) is 0.600. The molecule has 0 aliphatic carbocycles. The number of ketones is 1. The summed E-state index contributed by atoms with van der Waals surface area (Å²) in [5.74, 6) is -6.30. The molecule has 0 aromatic heterocycles. The summed E-state index contributed by atoms with van der Waals surface area (Å²) in [6.45, 7) is 0. The van der Waals surface area contributed by atoms with Crippen molar-refractivity contribution < 1.29 is 22.4 Å². The van der Waals surface area contributed by atoms with Gasteiger partial charge in [0.1, 0.15) is 23.3 Å². The van der Waals surface area contributed by atoms with Gasteiger partial charge in [-0.2, -0.15) is 0 Å². The van der Waals surface area contributed by atoms with Crippen LogP contribution in [0.4, 0.5) is 17.6 Å². The smallest absolute Gasteiger partial charge is 0.203 e. The van der Waals surface area contributed by atoms with Gasteiger partial charge >= 0.3 is 0 Å². The van der Waals surface area contributed by atoms with E-state index < -0.39 is 40.2 Å². The zero-order chi connectivity index (χ0) is 14.2. The summed E-state index contributed by atoms with van der Waals surface area (Å²) in [7, 11) is 0. The van der Waals surface area contributed by atoms with Gasteiger partial charge in [-0.15, -0.1) is 0 Å². The van der Waals surface area contributed by atoms with Gasteiger partial charge in [-0.1, -0.05) is 17.7 Å². The lowest BCUT2D eigenvalue weighted by Crippen LogP contribution is -2.10. The molecule has 0 amide bonds. The van der Waals surface area contributed by atoms with Gasteiger partial charge < -0.3 is 0 Å². The highest BCUT2D eigenvalue weighted by molar-refractivity contribution is 6.35. The predicted molar refractivity (Wildman–Crippen MR) is 61.2 cm³/mol. The SMILES string of the molecule is O=C(c1c(F)cc(F)cc1F)c1c(F)cccc1Cl. The second-order valence-corrected chi connectivity index (χ2v) is 4.08.